The van der Waals surface area contributed by atoms with Crippen LogP contribution >= 0.6 is 0 Å². The zero-order chi connectivity index (χ0) is 17.8. The van der Waals surface area contributed by atoms with Crippen LogP contribution in [0.3, 0.4) is 0 Å². The van der Waals surface area contributed by atoms with E-state index in [1.54, 1.807) is 30.3 Å². The van der Waals surface area contributed by atoms with Crippen LogP contribution < -0.4 is 10.5 Å². The van der Waals surface area contributed by atoms with Crippen molar-refractivity contribution < 1.29 is 4.79 Å². The molecule has 0 aliphatic heterocycles. The van der Waals surface area contributed by atoms with Crippen molar-refractivity contribution in [2.24, 2.45) is 7.05 Å². The Morgan fingerprint density at radius 3 is 2.64 bits per heavy atom. The number of benzene rings is 1. The van der Waals surface area contributed by atoms with Crippen molar-refractivity contribution in [3.8, 4) is 0 Å². The second-order valence-corrected chi connectivity index (χ2v) is 5.98. The van der Waals surface area contributed by atoms with Crippen LogP contribution in [0.5, 0.6) is 0 Å². The Labute approximate surface area is 146 Å². The van der Waals surface area contributed by atoms with Crippen molar-refractivity contribution in [3.05, 3.63) is 70.6 Å². The summed E-state index contributed by atoms with van der Waals surface area (Å²) in [6.45, 7) is 2.65. The highest BCUT2D eigenvalue weighted by molar-refractivity contribution is 6.07. The molecule has 0 aliphatic carbocycles. The van der Waals surface area contributed by atoms with Crippen LogP contribution in [0, 0.1) is 0 Å². The molecule has 0 spiro atoms. The first kappa shape index (κ1) is 16.9. The minimum absolute atomic E-state index is 0.169. The molecular weight excluding hydrogens is 314 g/mol. The molecular formula is C20H21N3O2. The maximum absolute atomic E-state index is 13.2. The van der Waals surface area contributed by atoms with Gasteiger partial charge in [-0.15, -0.1) is 0 Å². The van der Waals surface area contributed by atoms with Crippen molar-refractivity contribution in [3.63, 3.8) is 0 Å². The van der Waals surface area contributed by atoms with E-state index in [1.807, 2.05) is 36.4 Å². The van der Waals surface area contributed by atoms with Gasteiger partial charge < -0.3 is 4.90 Å². The normalized spacial score (nSPS) is 10.8. The van der Waals surface area contributed by atoms with Crippen molar-refractivity contribution in [1.82, 2.24) is 9.55 Å². The lowest BCUT2D eigenvalue weighted by atomic mass is 10.1. The first-order valence-corrected chi connectivity index (χ1v) is 8.45. The molecule has 0 unspecified atom stereocenters. The number of pyridine rings is 2. The third kappa shape index (κ3) is 3.31. The second kappa shape index (κ2) is 7.30. The Kier molecular flexibility index (Phi) is 4.93. The monoisotopic (exact) mass is 335 g/mol. The Morgan fingerprint density at radius 1 is 1.16 bits per heavy atom. The highest BCUT2D eigenvalue weighted by Gasteiger charge is 2.21. The number of hydrogen-bond donors (Lipinski definition) is 0. The zero-order valence-electron chi connectivity index (χ0n) is 14.5. The molecule has 0 aliphatic rings. The SMILES string of the molecule is CCCCN(C(=O)c1cc2cccnc2n(C)c1=O)c1ccccc1. The van der Waals surface area contributed by atoms with E-state index >= 15 is 0 Å². The number of carbonyl (C=O) groups excluding carboxylic acids is 1. The van der Waals surface area contributed by atoms with Gasteiger partial charge in [-0.25, -0.2) is 4.98 Å². The minimum Gasteiger partial charge on any atom is -0.308 e. The number of amides is 1. The summed E-state index contributed by atoms with van der Waals surface area (Å²) < 4.78 is 1.44. The van der Waals surface area contributed by atoms with Gasteiger partial charge in [-0.2, -0.15) is 0 Å². The third-order valence-corrected chi connectivity index (χ3v) is 4.25. The number of para-hydroxylation sites is 1. The molecule has 3 aromatic rings. The molecule has 5 nitrogen and oxygen atoms in total. The van der Waals surface area contributed by atoms with Crippen LogP contribution in [-0.2, 0) is 7.05 Å². The summed E-state index contributed by atoms with van der Waals surface area (Å²) in [5, 5.41) is 0.774. The summed E-state index contributed by atoms with van der Waals surface area (Å²) in [6, 6.07) is 14.8. The summed E-state index contributed by atoms with van der Waals surface area (Å²) in [5.74, 6) is -0.272. The van der Waals surface area contributed by atoms with E-state index in [0.29, 0.717) is 12.2 Å². The van der Waals surface area contributed by atoms with Crippen LogP contribution in [0.2, 0.25) is 0 Å². The summed E-state index contributed by atoms with van der Waals surface area (Å²) >= 11 is 0. The second-order valence-electron chi connectivity index (χ2n) is 5.98. The molecule has 0 atom stereocenters. The zero-order valence-corrected chi connectivity index (χ0v) is 14.5. The fourth-order valence-corrected chi connectivity index (χ4v) is 2.87. The molecule has 2 heterocycles. The number of hydrogen-bond acceptors (Lipinski definition) is 3. The van der Waals surface area contributed by atoms with E-state index in [9.17, 15) is 9.59 Å². The van der Waals surface area contributed by atoms with Crippen molar-refractivity contribution in [1.29, 1.82) is 0 Å². The summed E-state index contributed by atoms with van der Waals surface area (Å²) in [5.41, 5.74) is 1.22. The van der Waals surface area contributed by atoms with Gasteiger partial charge in [0.1, 0.15) is 11.2 Å². The molecule has 0 N–H and O–H groups in total. The number of anilines is 1. The van der Waals surface area contributed by atoms with E-state index in [-0.39, 0.29) is 17.0 Å². The van der Waals surface area contributed by atoms with Crippen LogP contribution in [0.25, 0.3) is 11.0 Å². The number of nitrogens with zero attached hydrogens (tertiary/aromatic N) is 3. The van der Waals surface area contributed by atoms with E-state index in [1.165, 1.54) is 4.57 Å². The maximum Gasteiger partial charge on any atom is 0.264 e. The number of aryl methyl sites for hydroxylation is 1. The first-order chi connectivity index (χ1) is 12.1. The fraction of sp³-hybridized carbons (Fsp3) is 0.250. The Balaban J connectivity index is 2.10. The summed E-state index contributed by atoms with van der Waals surface area (Å²) in [4.78, 5) is 31.8. The Hall–Kier alpha value is -2.95. The lowest BCUT2D eigenvalue weighted by Gasteiger charge is -2.23. The number of carbonyl (C=O) groups is 1. The van der Waals surface area contributed by atoms with Crippen molar-refractivity contribution >= 4 is 22.6 Å². The molecule has 25 heavy (non-hydrogen) atoms. The van der Waals surface area contributed by atoms with Gasteiger partial charge in [-0.1, -0.05) is 31.5 Å². The quantitative estimate of drug-likeness (QED) is 0.718. The van der Waals surface area contributed by atoms with Gasteiger partial charge in [0.15, 0.2) is 0 Å². The maximum atomic E-state index is 13.2. The predicted molar refractivity (Wildman–Crippen MR) is 100 cm³/mol. The fourth-order valence-electron chi connectivity index (χ4n) is 2.87. The number of aromatic nitrogens is 2. The van der Waals surface area contributed by atoms with Crippen LogP contribution in [0.1, 0.15) is 30.1 Å². The Bertz CT molecular complexity index is 948. The summed E-state index contributed by atoms with van der Waals surface area (Å²) in [7, 11) is 1.65. The van der Waals surface area contributed by atoms with Gasteiger partial charge in [-0.05, 0) is 36.8 Å². The average Bonchev–Trinajstić information content (AvgIpc) is 2.65. The number of unbranched alkanes of at least 4 members (excludes halogenated alkanes) is 1. The minimum atomic E-state index is -0.325. The lowest BCUT2D eigenvalue weighted by Crippen LogP contribution is -2.37. The first-order valence-electron chi connectivity index (χ1n) is 8.45. The molecule has 1 amide bonds. The highest BCUT2D eigenvalue weighted by atomic mass is 16.2. The van der Waals surface area contributed by atoms with Crippen LogP contribution in [-0.4, -0.2) is 22.0 Å². The van der Waals surface area contributed by atoms with E-state index in [0.717, 1.165) is 23.9 Å². The standard InChI is InChI=1S/C20H21N3O2/c1-3-4-13-23(16-10-6-5-7-11-16)20(25)17-14-15-9-8-12-21-18(15)22(2)19(17)24/h5-12,14H,3-4,13H2,1-2H3. The number of fused-ring (bicyclic) bond motifs is 1. The smallest absolute Gasteiger partial charge is 0.264 e. The molecule has 0 bridgehead atoms. The molecule has 0 radical (unpaired) electrons. The van der Waals surface area contributed by atoms with Crippen molar-refractivity contribution in [2.75, 3.05) is 11.4 Å². The van der Waals surface area contributed by atoms with E-state index in [2.05, 4.69) is 11.9 Å². The molecule has 2 aromatic heterocycles. The molecule has 5 heteroatoms. The predicted octanol–water partition coefficient (Wildman–Crippen LogP) is 3.38. The molecule has 0 saturated carbocycles. The lowest BCUT2D eigenvalue weighted by molar-refractivity contribution is 0.0985. The van der Waals surface area contributed by atoms with Gasteiger partial charge in [0.25, 0.3) is 11.5 Å². The van der Waals surface area contributed by atoms with Crippen LogP contribution in [0.15, 0.2) is 59.5 Å². The number of rotatable bonds is 5. The van der Waals surface area contributed by atoms with Crippen molar-refractivity contribution in [2.45, 2.75) is 19.8 Å². The molecule has 0 fully saturated rings. The molecule has 128 valence electrons. The third-order valence-electron chi connectivity index (χ3n) is 4.25. The van der Waals surface area contributed by atoms with Gasteiger partial charge in [0, 0.05) is 30.9 Å². The summed E-state index contributed by atoms with van der Waals surface area (Å²) in [6.07, 6.45) is 3.48. The highest BCUT2D eigenvalue weighted by Crippen LogP contribution is 2.18. The Morgan fingerprint density at radius 2 is 1.92 bits per heavy atom. The van der Waals surface area contributed by atoms with Gasteiger partial charge in [-0.3, -0.25) is 14.2 Å². The molecule has 0 saturated heterocycles. The average molecular weight is 335 g/mol. The van der Waals surface area contributed by atoms with E-state index < -0.39 is 0 Å². The van der Waals surface area contributed by atoms with Gasteiger partial charge >= 0.3 is 0 Å². The van der Waals surface area contributed by atoms with Crippen LogP contribution in [0.4, 0.5) is 5.69 Å². The topological polar surface area (TPSA) is 55.2 Å². The van der Waals surface area contributed by atoms with E-state index in [4.69, 9.17) is 0 Å². The largest absolute Gasteiger partial charge is 0.308 e. The van der Waals surface area contributed by atoms with Gasteiger partial charge in [0.05, 0.1) is 0 Å². The van der Waals surface area contributed by atoms with Gasteiger partial charge in [0.2, 0.25) is 0 Å². The molecule has 3 rings (SSSR count). The molecule has 1 aromatic carbocycles.